The van der Waals surface area contributed by atoms with E-state index in [2.05, 4.69) is 0 Å². The van der Waals surface area contributed by atoms with E-state index in [0.29, 0.717) is 37.1 Å². The minimum Gasteiger partial charge on any atom is -0.383 e. The third-order valence-electron chi connectivity index (χ3n) is 2.66. The summed E-state index contributed by atoms with van der Waals surface area (Å²) in [5, 5.41) is 0.697. The summed E-state index contributed by atoms with van der Waals surface area (Å²) < 4.78 is 10.0. The van der Waals surface area contributed by atoms with Crippen molar-refractivity contribution < 1.29 is 14.3 Å². The maximum atomic E-state index is 12.2. The Morgan fingerprint density at radius 2 is 1.70 bits per heavy atom. The zero-order chi connectivity index (χ0) is 14.8. The molecule has 0 heterocycles. The summed E-state index contributed by atoms with van der Waals surface area (Å²) in [5.41, 5.74) is 0. The highest BCUT2D eigenvalue weighted by Crippen LogP contribution is 2.20. The Labute approximate surface area is 129 Å². The summed E-state index contributed by atoms with van der Waals surface area (Å²) in [7, 11) is 3.25. The number of ether oxygens (including phenoxy) is 2. The highest BCUT2D eigenvalue weighted by atomic mass is 35.5. The van der Waals surface area contributed by atoms with Crippen LogP contribution in [0.3, 0.4) is 0 Å². The van der Waals surface area contributed by atoms with Crippen molar-refractivity contribution >= 4 is 29.3 Å². The highest BCUT2D eigenvalue weighted by molar-refractivity contribution is 8.00. The molecule has 0 aliphatic heterocycles. The van der Waals surface area contributed by atoms with Gasteiger partial charge in [-0.2, -0.15) is 0 Å². The van der Waals surface area contributed by atoms with E-state index in [9.17, 15) is 4.79 Å². The lowest BCUT2D eigenvalue weighted by molar-refractivity contribution is -0.129. The van der Waals surface area contributed by atoms with Gasteiger partial charge in [-0.25, -0.2) is 0 Å². The number of hydrogen-bond donors (Lipinski definition) is 0. The standard InChI is InChI=1S/C14H20ClNO3S/c1-18-9-7-16(8-10-19-2)14(17)11-20-13-5-3-12(15)4-6-13/h3-6H,7-11H2,1-2H3. The molecule has 1 aromatic rings. The van der Waals surface area contributed by atoms with Crippen molar-refractivity contribution in [2.24, 2.45) is 0 Å². The Kier molecular flexibility index (Phi) is 8.69. The number of thioether (sulfide) groups is 1. The molecular formula is C14H20ClNO3S. The summed E-state index contributed by atoms with van der Waals surface area (Å²) in [5.74, 6) is 0.480. The molecule has 0 aliphatic carbocycles. The van der Waals surface area contributed by atoms with E-state index < -0.39 is 0 Å². The van der Waals surface area contributed by atoms with Crippen molar-refractivity contribution in [3.63, 3.8) is 0 Å². The van der Waals surface area contributed by atoms with Gasteiger partial charge in [0.2, 0.25) is 5.91 Å². The van der Waals surface area contributed by atoms with E-state index >= 15 is 0 Å². The predicted molar refractivity (Wildman–Crippen MR) is 82.5 cm³/mol. The van der Waals surface area contributed by atoms with Gasteiger partial charge in [-0.1, -0.05) is 11.6 Å². The molecule has 0 radical (unpaired) electrons. The van der Waals surface area contributed by atoms with Crippen LogP contribution in [0.5, 0.6) is 0 Å². The van der Waals surface area contributed by atoms with Gasteiger partial charge in [-0.15, -0.1) is 11.8 Å². The van der Waals surface area contributed by atoms with Crippen molar-refractivity contribution in [3.8, 4) is 0 Å². The zero-order valence-corrected chi connectivity index (χ0v) is 13.4. The molecular weight excluding hydrogens is 298 g/mol. The third-order valence-corrected chi connectivity index (χ3v) is 3.91. The lowest BCUT2D eigenvalue weighted by atomic mass is 10.4. The third kappa shape index (κ3) is 6.61. The molecule has 0 saturated heterocycles. The minimum atomic E-state index is 0.0825. The summed E-state index contributed by atoms with van der Waals surface area (Å²) in [6, 6.07) is 7.47. The summed E-state index contributed by atoms with van der Waals surface area (Å²) >= 11 is 7.33. The number of nitrogens with zero attached hydrogens (tertiary/aromatic N) is 1. The second kappa shape index (κ2) is 10.0. The van der Waals surface area contributed by atoms with E-state index in [1.54, 1.807) is 19.1 Å². The maximum absolute atomic E-state index is 12.2. The fraction of sp³-hybridized carbons (Fsp3) is 0.500. The monoisotopic (exact) mass is 317 g/mol. The molecule has 1 aromatic carbocycles. The quantitative estimate of drug-likeness (QED) is 0.656. The van der Waals surface area contributed by atoms with Crippen LogP contribution in [-0.4, -0.2) is 57.1 Å². The second-order valence-corrected chi connectivity index (χ2v) is 5.59. The molecule has 0 bridgehead atoms. The molecule has 0 fully saturated rings. The number of methoxy groups -OCH3 is 2. The Hall–Kier alpha value is -0.750. The first kappa shape index (κ1) is 17.3. The van der Waals surface area contributed by atoms with Crippen LogP contribution in [0.15, 0.2) is 29.2 Å². The van der Waals surface area contributed by atoms with Crippen LogP contribution in [-0.2, 0) is 14.3 Å². The van der Waals surface area contributed by atoms with Crippen LogP contribution in [0.1, 0.15) is 0 Å². The van der Waals surface area contributed by atoms with Crippen LogP contribution in [0.2, 0.25) is 5.02 Å². The van der Waals surface area contributed by atoms with E-state index in [1.165, 1.54) is 11.8 Å². The van der Waals surface area contributed by atoms with E-state index in [4.69, 9.17) is 21.1 Å². The van der Waals surface area contributed by atoms with Crippen molar-refractivity contribution in [1.82, 2.24) is 4.90 Å². The zero-order valence-electron chi connectivity index (χ0n) is 11.8. The smallest absolute Gasteiger partial charge is 0.233 e. The lowest BCUT2D eigenvalue weighted by Crippen LogP contribution is -2.37. The Morgan fingerprint density at radius 1 is 1.15 bits per heavy atom. The van der Waals surface area contributed by atoms with Crippen LogP contribution in [0, 0.1) is 0 Å². The van der Waals surface area contributed by atoms with Gasteiger partial charge in [-0.3, -0.25) is 4.79 Å². The number of rotatable bonds is 9. The normalized spacial score (nSPS) is 10.6. The van der Waals surface area contributed by atoms with Gasteiger partial charge >= 0.3 is 0 Å². The van der Waals surface area contributed by atoms with Gasteiger partial charge in [-0.05, 0) is 24.3 Å². The maximum Gasteiger partial charge on any atom is 0.233 e. The Bertz CT molecular complexity index is 392. The van der Waals surface area contributed by atoms with Crippen molar-refractivity contribution in [1.29, 1.82) is 0 Å². The predicted octanol–water partition coefficient (Wildman–Crippen LogP) is 2.55. The highest BCUT2D eigenvalue weighted by Gasteiger charge is 2.13. The molecule has 0 aromatic heterocycles. The molecule has 0 saturated carbocycles. The molecule has 0 N–H and O–H groups in total. The second-order valence-electron chi connectivity index (χ2n) is 4.11. The number of carbonyl (C=O) groups excluding carboxylic acids is 1. The number of amides is 1. The molecule has 0 aliphatic rings. The molecule has 112 valence electrons. The summed E-state index contributed by atoms with van der Waals surface area (Å²) in [6.45, 7) is 2.22. The van der Waals surface area contributed by atoms with Gasteiger partial charge in [0.25, 0.3) is 0 Å². The van der Waals surface area contributed by atoms with Gasteiger partial charge in [0.05, 0.1) is 19.0 Å². The SMILES string of the molecule is COCCN(CCOC)C(=O)CSc1ccc(Cl)cc1. The minimum absolute atomic E-state index is 0.0825. The average molecular weight is 318 g/mol. The molecule has 20 heavy (non-hydrogen) atoms. The molecule has 4 nitrogen and oxygen atoms in total. The molecule has 6 heteroatoms. The fourth-order valence-electron chi connectivity index (χ4n) is 1.53. The van der Waals surface area contributed by atoms with Crippen molar-refractivity contribution in [2.75, 3.05) is 46.3 Å². The largest absolute Gasteiger partial charge is 0.383 e. The van der Waals surface area contributed by atoms with E-state index in [1.807, 2.05) is 24.3 Å². The number of carbonyl (C=O) groups is 1. The lowest BCUT2D eigenvalue weighted by Gasteiger charge is -2.21. The van der Waals surface area contributed by atoms with Crippen LogP contribution >= 0.6 is 23.4 Å². The molecule has 0 atom stereocenters. The number of benzene rings is 1. The summed E-state index contributed by atoms with van der Waals surface area (Å²) in [4.78, 5) is 15.0. The summed E-state index contributed by atoms with van der Waals surface area (Å²) in [6.07, 6.45) is 0. The Morgan fingerprint density at radius 3 is 2.20 bits per heavy atom. The fourth-order valence-corrected chi connectivity index (χ4v) is 2.46. The first-order valence-electron chi connectivity index (χ1n) is 6.31. The van der Waals surface area contributed by atoms with E-state index in [0.717, 1.165) is 4.90 Å². The number of halogens is 1. The van der Waals surface area contributed by atoms with Crippen molar-refractivity contribution in [3.05, 3.63) is 29.3 Å². The van der Waals surface area contributed by atoms with E-state index in [-0.39, 0.29) is 5.91 Å². The topological polar surface area (TPSA) is 38.8 Å². The van der Waals surface area contributed by atoms with Gasteiger partial charge < -0.3 is 14.4 Å². The van der Waals surface area contributed by atoms with Gasteiger partial charge in [0, 0.05) is 37.2 Å². The molecule has 1 rings (SSSR count). The van der Waals surface area contributed by atoms with Gasteiger partial charge in [0.1, 0.15) is 0 Å². The molecule has 1 amide bonds. The van der Waals surface area contributed by atoms with Crippen LogP contribution < -0.4 is 0 Å². The molecule has 0 unspecified atom stereocenters. The van der Waals surface area contributed by atoms with Crippen LogP contribution in [0.25, 0.3) is 0 Å². The Balaban J connectivity index is 2.45. The first-order valence-corrected chi connectivity index (χ1v) is 7.67. The van der Waals surface area contributed by atoms with Crippen molar-refractivity contribution in [2.45, 2.75) is 4.90 Å². The first-order chi connectivity index (χ1) is 9.67. The van der Waals surface area contributed by atoms with Gasteiger partial charge in [0.15, 0.2) is 0 Å². The van der Waals surface area contributed by atoms with Crippen LogP contribution in [0.4, 0.5) is 0 Å². The average Bonchev–Trinajstić information content (AvgIpc) is 2.46. The number of hydrogen-bond acceptors (Lipinski definition) is 4. The molecule has 0 spiro atoms.